The van der Waals surface area contributed by atoms with E-state index in [-0.39, 0.29) is 37.1 Å². The molecule has 0 saturated carbocycles. The standard InChI is InChI=1S/C31H41N5O11/c1-19(2)25(34-28(39)47-31(4,5)6)27(38)32-20(3)26(37)33-22-10-8-21(9-11-22)18-45-29(40)35(7)16-17-44-30(41)46-24-14-12-23(13-15-24)36(42)43/h8-15,19-20,25H,16-18H2,1-7H3,(H,32,38)(H,33,37)(H,34,39)/t20-,25-/m0/s1. The molecule has 3 N–H and O–H groups in total. The van der Waals surface area contributed by atoms with Crippen LogP contribution in [0.1, 0.15) is 47.1 Å². The number of hydrogen-bond acceptors (Lipinski definition) is 11. The van der Waals surface area contributed by atoms with Crippen LogP contribution in [-0.2, 0) is 30.4 Å². The fourth-order valence-electron chi connectivity index (χ4n) is 3.65. The molecule has 2 aromatic rings. The van der Waals surface area contributed by atoms with Gasteiger partial charge in [0, 0.05) is 24.9 Å². The molecule has 0 bridgehead atoms. The second-order valence-corrected chi connectivity index (χ2v) is 11.7. The number of anilines is 1. The molecule has 47 heavy (non-hydrogen) atoms. The highest BCUT2D eigenvalue weighted by atomic mass is 16.7. The molecule has 0 spiro atoms. The van der Waals surface area contributed by atoms with Crippen LogP contribution in [0.3, 0.4) is 0 Å². The van der Waals surface area contributed by atoms with Crippen molar-refractivity contribution in [3.63, 3.8) is 0 Å². The van der Waals surface area contributed by atoms with E-state index >= 15 is 0 Å². The molecule has 0 aliphatic heterocycles. The minimum absolute atomic E-state index is 0.00285. The monoisotopic (exact) mass is 659 g/mol. The molecule has 16 heteroatoms. The predicted molar refractivity (Wildman–Crippen MR) is 169 cm³/mol. The van der Waals surface area contributed by atoms with Crippen molar-refractivity contribution in [1.29, 1.82) is 0 Å². The van der Waals surface area contributed by atoms with Crippen molar-refractivity contribution < 1.29 is 47.8 Å². The van der Waals surface area contributed by atoms with Crippen LogP contribution >= 0.6 is 0 Å². The predicted octanol–water partition coefficient (Wildman–Crippen LogP) is 4.37. The fourth-order valence-corrected chi connectivity index (χ4v) is 3.65. The van der Waals surface area contributed by atoms with E-state index in [0.29, 0.717) is 11.3 Å². The van der Waals surface area contributed by atoms with Crippen molar-refractivity contribution >= 4 is 41.5 Å². The quantitative estimate of drug-likeness (QED) is 0.0905. The maximum absolute atomic E-state index is 12.8. The summed E-state index contributed by atoms with van der Waals surface area (Å²) in [6, 6.07) is 9.51. The Balaban J connectivity index is 1.75. The Hall–Kier alpha value is -5.41. The molecule has 0 heterocycles. The van der Waals surface area contributed by atoms with Crippen molar-refractivity contribution in [3.8, 4) is 5.75 Å². The summed E-state index contributed by atoms with van der Waals surface area (Å²) in [6.07, 6.45) is -2.46. The Labute approximate surface area is 272 Å². The van der Waals surface area contributed by atoms with Crippen molar-refractivity contribution in [3.05, 3.63) is 64.2 Å². The van der Waals surface area contributed by atoms with E-state index < -0.39 is 52.8 Å². The fraction of sp³-hybridized carbons (Fsp3) is 0.452. The maximum Gasteiger partial charge on any atom is 0.513 e. The zero-order chi connectivity index (χ0) is 35.3. The van der Waals surface area contributed by atoms with Gasteiger partial charge in [0.05, 0.1) is 11.5 Å². The number of nitrogens with one attached hydrogen (secondary N) is 3. The van der Waals surface area contributed by atoms with Crippen LogP contribution in [0.2, 0.25) is 0 Å². The molecule has 0 radical (unpaired) electrons. The van der Waals surface area contributed by atoms with Crippen LogP contribution in [0, 0.1) is 16.0 Å². The number of carbonyl (C=O) groups is 5. The number of non-ortho nitro benzene ring substituents is 1. The summed E-state index contributed by atoms with van der Waals surface area (Å²) in [6.45, 7) is 9.87. The third-order valence-electron chi connectivity index (χ3n) is 6.16. The Morgan fingerprint density at radius 3 is 2.06 bits per heavy atom. The summed E-state index contributed by atoms with van der Waals surface area (Å²) >= 11 is 0. The summed E-state index contributed by atoms with van der Waals surface area (Å²) in [5.41, 5.74) is 0.170. The minimum Gasteiger partial charge on any atom is -0.445 e. The number of nitro benzene ring substituents is 1. The van der Waals surface area contributed by atoms with Gasteiger partial charge in [-0.25, -0.2) is 14.4 Å². The molecule has 0 saturated heterocycles. The lowest BCUT2D eigenvalue weighted by Crippen LogP contribution is -2.54. The van der Waals surface area contributed by atoms with Gasteiger partial charge < -0.3 is 39.8 Å². The van der Waals surface area contributed by atoms with Crippen LogP contribution in [-0.4, -0.2) is 77.9 Å². The number of carbonyl (C=O) groups excluding carboxylic acids is 5. The Morgan fingerprint density at radius 1 is 0.894 bits per heavy atom. The first-order valence-corrected chi connectivity index (χ1v) is 14.6. The van der Waals surface area contributed by atoms with Gasteiger partial charge >= 0.3 is 18.3 Å². The van der Waals surface area contributed by atoms with Gasteiger partial charge in [0.2, 0.25) is 11.8 Å². The van der Waals surface area contributed by atoms with Gasteiger partial charge in [-0.15, -0.1) is 0 Å². The number of rotatable bonds is 13. The molecule has 0 aliphatic carbocycles. The van der Waals surface area contributed by atoms with Gasteiger partial charge in [0.15, 0.2) is 0 Å². The van der Waals surface area contributed by atoms with Crippen LogP contribution in [0.4, 0.5) is 25.8 Å². The van der Waals surface area contributed by atoms with Gasteiger partial charge in [-0.2, -0.15) is 0 Å². The van der Waals surface area contributed by atoms with Gasteiger partial charge in [-0.3, -0.25) is 19.7 Å². The molecule has 0 unspecified atom stereocenters. The summed E-state index contributed by atoms with van der Waals surface area (Å²) < 4.78 is 20.3. The van der Waals surface area contributed by atoms with E-state index in [1.165, 1.54) is 43.1 Å². The van der Waals surface area contributed by atoms with E-state index in [9.17, 15) is 34.1 Å². The molecule has 0 fully saturated rings. The van der Waals surface area contributed by atoms with Crippen molar-refractivity contribution in [1.82, 2.24) is 15.5 Å². The van der Waals surface area contributed by atoms with Crippen LogP contribution < -0.4 is 20.7 Å². The third kappa shape index (κ3) is 13.6. The zero-order valence-electron chi connectivity index (χ0n) is 27.4. The largest absolute Gasteiger partial charge is 0.513 e. The number of benzene rings is 2. The first kappa shape index (κ1) is 37.8. The zero-order valence-corrected chi connectivity index (χ0v) is 27.4. The smallest absolute Gasteiger partial charge is 0.445 e. The van der Waals surface area contributed by atoms with Crippen LogP contribution in [0.15, 0.2) is 48.5 Å². The molecule has 16 nitrogen and oxygen atoms in total. The van der Waals surface area contributed by atoms with E-state index in [4.69, 9.17) is 18.9 Å². The summed E-state index contributed by atoms with van der Waals surface area (Å²) in [4.78, 5) is 73.1. The molecule has 2 aromatic carbocycles. The first-order valence-electron chi connectivity index (χ1n) is 14.6. The Bertz CT molecular complexity index is 1410. The number of nitrogens with zero attached hydrogens (tertiary/aromatic N) is 2. The number of alkyl carbamates (subject to hydrolysis) is 1. The highest BCUT2D eigenvalue weighted by Crippen LogP contribution is 2.18. The number of nitro groups is 1. The van der Waals surface area contributed by atoms with E-state index in [2.05, 4.69) is 16.0 Å². The lowest BCUT2D eigenvalue weighted by molar-refractivity contribution is -0.384. The maximum atomic E-state index is 12.8. The van der Waals surface area contributed by atoms with Crippen molar-refractivity contribution in [2.75, 3.05) is 25.5 Å². The molecule has 256 valence electrons. The van der Waals surface area contributed by atoms with Crippen molar-refractivity contribution in [2.24, 2.45) is 5.92 Å². The third-order valence-corrected chi connectivity index (χ3v) is 6.16. The summed E-state index contributed by atoms with van der Waals surface area (Å²) in [5.74, 6) is -1.24. The van der Waals surface area contributed by atoms with E-state index in [1.807, 2.05) is 0 Å². The summed E-state index contributed by atoms with van der Waals surface area (Å²) in [5, 5.41) is 18.5. The average Bonchev–Trinajstić information content (AvgIpc) is 2.98. The van der Waals surface area contributed by atoms with Gasteiger partial charge in [0.25, 0.3) is 5.69 Å². The molecular formula is C31H41N5O11. The van der Waals surface area contributed by atoms with E-state index in [1.54, 1.807) is 58.9 Å². The Kier molecular flexibility index (Phi) is 13.9. The molecular weight excluding hydrogens is 618 g/mol. The normalized spacial score (nSPS) is 12.2. The topological polar surface area (TPSA) is 205 Å². The second kappa shape index (κ2) is 17.3. The van der Waals surface area contributed by atoms with Crippen LogP contribution in [0.25, 0.3) is 0 Å². The van der Waals surface area contributed by atoms with Gasteiger partial charge in [0.1, 0.15) is 36.6 Å². The molecule has 4 amide bonds. The number of hydrogen-bond donors (Lipinski definition) is 3. The van der Waals surface area contributed by atoms with E-state index in [0.717, 1.165) is 0 Å². The lowest BCUT2D eigenvalue weighted by Gasteiger charge is -2.26. The number of likely N-dealkylation sites (N-methyl/N-ethyl adjacent to an activating group) is 1. The lowest BCUT2D eigenvalue weighted by atomic mass is 10.0. The molecule has 2 rings (SSSR count). The highest BCUT2D eigenvalue weighted by Gasteiger charge is 2.29. The molecule has 0 aliphatic rings. The number of ether oxygens (including phenoxy) is 4. The summed E-state index contributed by atoms with van der Waals surface area (Å²) in [7, 11) is 1.45. The first-order chi connectivity index (χ1) is 21.9. The van der Waals surface area contributed by atoms with Crippen molar-refractivity contribution in [2.45, 2.75) is 65.8 Å². The van der Waals surface area contributed by atoms with Crippen LogP contribution in [0.5, 0.6) is 5.75 Å². The van der Waals surface area contributed by atoms with Gasteiger partial charge in [-0.05, 0) is 63.4 Å². The van der Waals surface area contributed by atoms with Gasteiger partial charge in [-0.1, -0.05) is 26.0 Å². The highest BCUT2D eigenvalue weighted by molar-refractivity contribution is 5.98. The Morgan fingerprint density at radius 2 is 1.51 bits per heavy atom. The molecule has 0 aromatic heterocycles. The number of amides is 4. The average molecular weight is 660 g/mol. The second-order valence-electron chi connectivity index (χ2n) is 11.7. The minimum atomic E-state index is -1.04. The SMILES string of the molecule is CC(C)[C@H](NC(=O)OC(C)(C)C)C(=O)N[C@@H](C)C(=O)Nc1ccc(COC(=O)N(C)CCOC(=O)Oc2ccc([N+](=O)[O-])cc2)cc1. The molecule has 2 atom stereocenters.